The molecule has 0 spiro atoms. The molecule has 3 aromatic carbocycles. The van der Waals surface area contributed by atoms with E-state index in [1.807, 2.05) is 46.7 Å². The standard InChI is InChI=1S/C31H24N6Si.Pt/c1-35-21-36(31-30(35)33-17-18-34-31)22-9-8-10-23(19-22)38(2,3)24-14-15-26-25-11-4-5-12-27(25)37(28(26)20-24)29-13-6-7-16-32-29;/h4-18H,1-3H3;/q;+2. The van der Waals surface area contributed by atoms with Crippen LogP contribution in [-0.4, -0.2) is 45.2 Å². The van der Waals surface area contributed by atoms with E-state index in [0.717, 1.165) is 34.2 Å². The van der Waals surface area contributed by atoms with Gasteiger partial charge in [-0.15, -0.1) is 26.7 Å². The van der Waals surface area contributed by atoms with Crippen molar-refractivity contribution in [3.63, 3.8) is 0 Å². The van der Waals surface area contributed by atoms with E-state index >= 15 is 0 Å². The third-order valence-electron chi connectivity index (χ3n) is 7.27. The number of hydrogen-bond donors (Lipinski definition) is 0. The SMILES string of the molecule is C[N+]1=C=[N+](c2[c-]c([Si](C)(C)c3[c-]c4c(cc3)c3ccccc3n4-c3ccccn3)ccc2)c2nccnc21.[Pt+2]. The first-order valence-corrected chi connectivity index (χ1v) is 15.5. The van der Waals surface area contributed by atoms with Gasteiger partial charge in [-0.2, -0.15) is 45.7 Å². The fourth-order valence-electron chi connectivity index (χ4n) is 5.21. The zero-order valence-corrected chi connectivity index (χ0v) is 24.9. The van der Waals surface area contributed by atoms with Crippen LogP contribution in [0.25, 0.3) is 27.6 Å². The molecule has 190 valence electrons. The zero-order valence-electron chi connectivity index (χ0n) is 21.7. The van der Waals surface area contributed by atoms with Gasteiger partial charge in [0.25, 0.3) is 0 Å². The second kappa shape index (κ2) is 9.62. The van der Waals surface area contributed by atoms with Crippen LogP contribution in [0.1, 0.15) is 0 Å². The van der Waals surface area contributed by atoms with Crippen LogP contribution in [-0.2, 0) is 21.1 Å². The van der Waals surface area contributed by atoms with Gasteiger partial charge in [0, 0.05) is 16.7 Å². The Morgan fingerprint density at radius 2 is 1.51 bits per heavy atom. The Kier molecular flexibility index (Phi) is 6.23. The van der Waals surface area contributed by atoms with Gasteiger partial charge in [0.15, 0.2) is 6.20 Å². The number of hydrogen-bond acceptors (Lipinski definition) is 3. The molecule has 6 nitrogen and oxygen atoms in total. The predicted octanol–water partition coefficient (Wildman–Crippen LogP) is 4.69. The quantitative estimate of drug-likeness (QED) is 0.152. The van der Waals surface area contributed by atoms with E-state index in [2.05, 4.69) is 99.3 Å². The van der Waals surface area contributed by atoms with Crippen LogP contribution in [0.4, 0.5) is 17.3 Å². The molecule has 1 aliphatic rings. The normalized spacial score (nSPS) is 12.7. The third-order valence-corrected chi connectivity index (χ3v) is 10.5. The molecular weight excluding hydrogens is 680 g/mol. The first-order valence-electron chi connectivity index (χ1n) is 12.5. The first-order chi connectivity index (χ1) is 18.5. The topological polar surface area (TPSA) is 49.6 Å². The van der Waals surface area contributed by atoms with E-state index in [1.54, 1.807) is 12.4 Å². The van der Waals surface area contributed by atoms with Crippen LogP contribution in [0.2, 0.25) is 13.1 Å². The molecule has 8 heteroatoms. The van der Waals surface area contributed by atoms with Crippen molar-refractivity contribution in [2.45, 2.75) is 13.1 Å². The van der Waals surface area contributed by atoms with Gasteiger partial charge in [-0.05, 0) is 23.6 Å². The predicted molar refractivity (Wildman–Crippen MR) is 154 cm³/mol. The van der Waals surface area contributed by atoms with Gasteiger partial charge in [-0.3, -0.25) is 0 Å². The molecule has 0 atom stereocenters. The van der Waals surface area contributed by atoms with Gasteiger partial charge in [0.1, 0.15) is 12.9 Å². The minimum absolute atomic E-state index is 0. The number of nitrogens with zero attached hydrogens (tertiary/aromatic N) is 6. The van der Waals surface area contributed by atoms with Gasteiger partial charge in [0.05, 0.1) is 20.0 Å². The average Bonchev–Trinajstić information content (AvgIpc) is 3.48. The molecule has 0 fully saturated rings. The molecular formula is C31H24N6PtSi+2. The van der Waals surface area contributed by atoms with E-state index in [1.165, 1.54) is 21.1 Å². The molecule has 0 radical (unpaired) electrons. The van der Waals surface area contributed by atoms with Crippen molar-refractivity contribution < 1.29 is 25.6 Å². The summed E-state index contributed by atoms with van der Waals surface area (Å²) in [6.45, 7) is 4.71. The van der Waals surface area contributed by atoms with Gasteiger partial charge >= 0.3 is 38.7 Å². The van der Waals surface area contributed by atoms with Gasteiger partial charge in [-0.1, -0.05) is 42.9 Å². The molecule has 7 rings (SSSR count). The summed E-state index contributed by atoms with van der Waals surface area (Å²) in [5, 5.41) is 4.78. The molecule has 6 aromatic rings. The number of fused-ring (bicyclic) bond motifs is 4. The van der Waals surface area contributed by atoms with Gasteiger partial charge in [-0.25, -0.2) is 4.98 Å². The average molecular weight is 704 g/mol. The molecule has 0 saturated carbocycles. The van der Waals surface area contributed by atoms with Crippen molar-refractivity contribution in [3.8, 4) is 5.82 Å². The van der Waals surface area contributed by atoms with Crippen LogP contribution in [0.3, 0.4) is 0 Å². The number of benzene rings is 3. The van der Waals surface area contributed by atoms with Crippen LogP contribution in [0.5, 0.6) is 0 Å². The molecule has 0 N–H and O–H groups in total. The van der Waals surface area contributed by atoms with Crippen molar-refractivity contribution in [3.05, 3.63) is 104 Å². The minimum Gasteiger partial charge on any atom is -0.319 e. The second-order valence-electron chi connectivity index (χ2n) is 9.95. The summed E-state index contributed by atoms with van der Waals surface area (Å²) in [4.78, 5) is 13.7. The number of pyridine rings is 1. The smallest absolute Gasteiger partial charge is 0.319 e. The van der Waals surface area contributed by atoms with Crippen molar-refractivity contribution in [2.24, 2.45) is 0 Å². The minimum atomic E-state index is -2.19. The molecule has 0 unspecified atom stereocenters. The molecule has 0 saturated heterocycles. The number of para-hydroxylation sites is 1. The maximum atomic E-state index is 4.67. The van der Waals surface area contributed by atoms with Gasteiger partial charge < -0.3 is 4.57 Å². The Morgan fingerprint density at radius 3 is 2.33 bits per heavy atom. The summed E-state index contributed by atoms with van der Waals surface area (Å²) < 4.78 is 6.02. The van der Waals surface area contributed by atoms with Crippen molar-refractivity contribution >= 4 is 63.6 Å². The van der Waals surface area contributed by atoms with E-state index < -0.39 is 8.07 Å². The number of aromatic nitrogens is 4. The summed E-state index contributed by atoms with van der Waals surface area (Å²) in [6.07, 6.45) is 5.25. The van der Waals surface area contributed by atoms with Crippen LogP contribution in [0.15, 0.2) is 91.4 Å². The summed E-state index contributed by atoms with van der Waals surface area (Å²) in [5.41, 5.74) is 3.08. The monoisotopic (exact) mass is 703 g/mol. The van der Waals surface area contributed by atoms with Gasteiger partial charge in [0.2, 0.25) is 0 Å². The van der Waals surface area contributed by atoms with E-state index in [-0.39, 0.29) is 21.1 Å². The molecule has 0 aliphatic carbocycles. The first kappa shape index (κ1) is 25.3. The molecule has 0 amide bonds. The largest absolute Gasteiger partial charge is 2.00 e. The summed E-state index contributed by atoms with van der Waals surface area (Å²) in [7, 11) is -0.254. The molecule has 3 aromatic heterocycles. The Morgan fingerprint density at radius 1 is 0.744 bits per heavy atom. The summed E-state index contributed by atoms with van der Waals surface area (Å²) >= 11 is 0. The molecule has 1 aliphatic heterocycles. The third kappa shape index (κ3) is 4.02. The van der Waals surface area contributed by atoms with Crippen molar-refractivity contribution in [1.82, 2.24) is 24.1 Å². The van der Waals surface area contributed by atoms with E-state index in [9.17, 15) is 0 Å². The number of rotatable bonds is 4. The van der Waals surface area contributed by atoms with Crippen LogP contribution >= 0.6 is 0 Å². The van der Waals surface area contributed by atoms with Crippen LogP contribution < -0.4 is 14.9 Å². The Balaban J connectivity index is 0.00000277. The van der Waals surface area contributed by atoms with Crippen molar-refractivity contribution in [1.29, 1.82) is 0 Å². The second-order valence-corrected chi connectivity index (χ2v) is 14.3. The Hall–Kier alpha value is -4.02. The van der Waals surface area contributed by atoms with E-state index in [4.69, 9.17) is 0 Å². The fourth-order valence-corrected chi connectivity index (χ4v) is 7.38. The molecule has 4 heterocycles. The summed E-state index contributed by atoms with van der Waals surface area (Å²) in [6, 6.07) is 36.2. The summed E-state index contributed by atoms with van der Waals surface area (Å²) in [5.74, 6) is 2.43. The fraction of sp³-hybridized carbons (Fsp3) is 0.0968. The zero-order chi connectivity index (χ0) is 25.9. The maximum absolute atomic E-state index is 4.67. The van der Waals surface area contributed by atoms with Crippen molar-refractivity contribution in [2.75, 3.05) is 7.05 Å². The maximum Gasteiger partial charge on any atom is 2.00 e. The van der Waals surface area contributed by atoms with Crippen LogP contribution in [0, 0.1) is 12.1 Å². The van der Waals surface area contributed by atoms with E-state index in [0.29, 0.717) is 0 Å². The Labute approximate surface area is 241 Å². The molecule has 0 bridgehead atoms. The molecule has 39 heavy (non-hydrogen) atoms. The Bertz CT molecular complexity index is 1960.